The van der Waals surface area contributed by atoms with Crippen molar-refractivity contribution in [3.05, 3.63) is 34.3 Å². The summed E-state index contributed by atoms with van der Waals surface area (Å²) in [5.74, 6) is 0. The molecule has 0 aliphatic rings. The second kappa shape index (κ2) is 5.37. The van der Waals surface area contributed by atoms with E-state index in [-0.39, 0.29) is 6.61 Å². The molecule has 2 nitrogen and oxygen atoms in total. The van der Waals surface area contributed by atoms with Crippen molar-refractivity contribution in [2.24, 2.45) is 0 Å². The summed E-state index contributed by atoms with van der Waals surface area (Å²) in [6, 6.07) is 7.68. The van der Waals surface area contributed by atoms with E-state index in [0.717, 1.165) is 10.0 Å². The first kappa shape index (κ1) is 10.7. The predicted octanol–water partition coefficient (Wildman–Crippen LogP) is 2.73. The summed E-state index contributed by atoms with van der Waals surface area (Å²) in [6.45, 7) is 0.353. The minimum atomic E-state index is -0.477. The Labute approximate surface area is 90.0 Å². The number of halogens is 2. The van der Waals surface area contributed by atoms with E-state index in [1.165, 1.54) is 0 Å². The number of hydrogen-bond acceptors (Lipinski definition) is 2. The van der Waals surface area contributed by atoms with Crippen LogP contribution in [-0.4, -0.2) is 11.8 Å². The summed E-state index contributed by atoms with van der Waals surface area (Å²) < 4.78 is 6.03. The lowest BCUT2D eigenvalue weighted by Gasteiger charge is -2.01. The highest BCUT2D eigenvalue weighted by Crippen LogP contribution is 2.12. The molecule has 1 aromatic rings. The van der Waals surface area contributed by atoms with Crippen molar-refractivity contribution in [1.82, 2.24) is 0 Å². The van der Waals surface area contributed by atoms with Gasteiger partial charge in [0.15, 0.2) is 0 Å². The summed E-state index contributed by atoms with van der Waals surface area (Å²) in [7, 11) is 0. The Balaban J connectivity index is 2.41. The molecule has 0 atom stereocenters. The van der Waals surface area contributed by atoms with Crippen molar-refractivity contribution < 1.29 is 9.53 Å². The highest BCUT2D eigenvalue weighted by Gasteiger charge is 1.97. The van der Waals surface area contributed by atoms with Crippen LogP contribution in [0.3, 0.4) is 0 Å². The summed E-state index contributed by atoms with van der Waals surface area (Å²) in [6.07, 6.45) is 0. The molecule has 0 fully saturated rings. The lowest BCUT2D eigenvalue weighted by molar-refractivity contribution is -0.116. The van der Waals surface area contributed by atoms with Gasteiger partial charge in [0, 0.05) is 4.47 Å². The van der Waals surface area contributed by atoms with E-state index in [9.17, 15) is 4.79 Å². The lowest BCUT2D eigenvalue weighted by Crippen LogP contribution is -2.01. The van der Waals surface area contributed by atoms with Gasteiger partial charge in [0.1, 0.15) is 6.61 Å². The molecule has 0 heterocycles. The highest BCUT2D eigenvalue weighted by atomic mass is 79.9. The first-order valence-electron chi connectivity index (χ1n) is 3.69. The Hall–Kier alpha value is -0.380. The number of hydrogen-bond donors (Lipinski definition) is 0. The molecule has 0 spiro atoms. The van der Waals surface area contributed by atoms with Crippen LogP contribution >= 0.6 is 27.5 Å². The Morgan fingerprint density at radius 3 is 2.92 bits per heavy atom. The highest BCUT2D eigenvalue weighted by molar-refractivity contribution is 9.10. The average molecular weight is 264 g/mol. The second-order valence-corrected chi connectivity index (χ2v) is 3.82. The maximum absolute atomic E-state index is 10.3. The largest absolute Gasteiger partial charge is 0.368 e. The SMILES string of the molecule is O=C(Cl)COCc1cccc(Br)c1. The third-order valence-corrected chi connectivity index (χ3v) is 1.98. The number of benzene rings is 1. The Morgan fingerprint density at radius 2 is 2.31 bits per heavy atom. The smallest absolute Gasteiger partial charge is 0.247 e. The van der Waals surface area contributed by atoms with E-state index in [0.29, 0.717) is 6.61 Å². The van der Waals surface area contributed by atoms with Crippen LogP contribution < -0.4 is 0 Å². The van der Waals surface area contributed by atoms with Crippen molar-refractivity contribution in [1.29, 1.82) is 0 Å². The number of carbonyl (C=O) groups excluding carboxylic acids is 1. The zero-order valence-electron chi connectivity index (χ0n) is 6.80. The van der Waals surface area contributed by atoms with Gasteiger partial charge in [0.2, 0.25) is 5.24 Å². The minimum Gasteiger partial charge on any atom is -0.368 e. The molecule has 0 amide bonds. The average Bonchev–Trinajstić information content (AvgIpc) is 2.03. The molecule has 0 aliphatic heterocycles. The van der Waals surface area contributed by atoms with E-state index < -0.39 is 5.24 Å². The van der Waals surface area contributed by atoms with Gasteiger partial charge in [-0.15, -0.1) is 0 Å². The van der Waals surface area contributed by atoms with Crippen LogP contribution in [0.2, 0.25) is 0 Å². The Morgan fingerprint density at radius 1 is 1.54 bits per heavy atom. The maximum atomic E-state index is 10.3. The van der Waals surface area contributed by atoms with E-state index in [1.54, 1.807) is 0 Å². The third-order valence-electron chi connectivity index (χ3n) is 1.37. The molecule has 13 heavy (non-hydrogen) atoms. The molecule has 1 rings (SSSR count). The molecule has 0 unspecified atom stereocenters. The first-order chi connectivity index (χ1) is 6.18. The molecule has 70 valence electrons. The fraction of sp³-hybridized carbons (Fsp3) is 0.222. The van der Waals surface area contributed by atoms with E-state index in [4.69, 9.17) is 16.3 Å². The zero-order chi connectivity index (χ0) is 9.68. The fourth-order valence-corrected chi connectivity index (χ4v) is 1.40. The second-order valence-electron chi connectivity index (χ2n) is 2.48. The topological polar surface area (TPSA) is 26.3 Å². The number of carbonyl (C=O) groups is 1. The van der Waals surface area contributed by atoms with Gasteiger partial charge in [-0.3, -0.25) is 4.79 Å². The molecule has 0 N–H and O–H groups in total. The zero-order valence-corrected chi connectivity index (χ0v) is 9.14. The van der Waals surface area contributed by atoms with Crippen molar-refractivity contribution in [2.75, 3.05) is 6.61 Å². The summed E-state index contributed by atoms with van der Waals surface area (Å²) in [5, 5.41) is -0.477. The molecule has 0 aliphatic carbocycles. The third kappa shape index (κ3) is 4.41. The number of ether oxygens (including phenoxy) is 1. The molecular weight excluding hydrogens is 255 g/mol. The molecule has 0 saturated heterocycles. The first-order valence-corrected chi connectivity index (χ1v) is 4.86. The maximum Gasteiger partial charge on any atom is 0.247 e. The van der Waals surface area contributed by atoms with Gasteiger partial charge in [-0.05, 0) is 29.3 Å². The van der Waals surface area contributed by atoms with Gasteiger partial charge in [-0.25, -0.2) is 0 Å². The van der Waals surface area contributed by atoms with Gasteiger partial charge in [0.05, 0.1) is 6.61 Å². The van der Waals surface area contributed by atoms with E-state index in [2.05, 4.69) is 15.9 Å². The summed E-state index contributed by atoms with van der Waals surface area (Å²) >= 11 is 8.44. The molecule has 4 heteroatoms. The summed E-state index contributed by atoms with van der Waals surface area (Å²) in [4.78, 5) is 10.3. The van der Waals surface area contributed by atoms with Crippen LogP contribution in [0.4, 0.5) is 0 Å². The number of rotatable bonds is 4. The van der Waals surface area contributed by atoms with Crippen LogP contribution in [0.5, 0.6) is 0 Å². The van der Waals surface area contributed by atoms with Gasteiger partial charge < -0.3 is 4.74 Å². The summed E-state index contributed by atoms with van der Waals surface area (Å²) in [5.41, 5.74) is 1.01. The standard InChI is InChI=1S/C9H8BrClO2/c10-8-3-1-2-7(4-8)5-13-6-9(11)12/h1-4H,5-6H2. The van der Waals surface area contributed by atoms with E-state index >= 15 is 0 Å². The fourth-order valence-electron chi connectivity index (χ4n) is 0.876. The van der Waals surface area contributed by atoms with E-state index in [1.807, 2.05) is 24.3 Å². The van der Waals surface area contributed by atoms with Crippen LogP contribution in [-0.2, 0) is 16.1 Å². The van der Waals surface area contributed by atoms with Gasteiger partial charge in [0.25, 0.3) is 0 Å². The quantitative estimate of drug-likeness (QED) is 0.781. The monoisotopic (exact) mass is 262 g/mol. The lowest BCUT2D eigenvalue weighted by atomic mass is 10.2. The molecule has 0 saturated carbocycles. The molecule has 0 bridgehead atoms. The van der Waals surface area contributed by atoms with Gasteiger partial charge in [-0.2, -0.15) is 0 Å². The van der Waals surface area contributed by atoms with Crippen molar-refractivity contribution >= 4 is 32.8 Å². The van der Waals surface area contributed by atoms with Crippen LogP contribution in [0, 0.1) is 0 Å². The molecule has 1 aromatic carbocycles. The van der Waals surface area contributed by atoms with Crippen molar-refractivity contribution in [2.45, 2.75) is 6.61 Å². The van der Waals surface area contributed by atoms with Gasteiger partial charge >= 0.3 is 0 Å². The Kier molecular flexibility index (Phi) is 4.42. The van der Waals surface area contributed by atoms with Crippen LogP contribution in [0.25, 0.3) is 0 Å². The van der Waals surface area contributed by atoms with Crippen molar-refractivity contribution in [3.8, 4) is 0 Å². The normalized spacial score (nSPS) is 10.0. The molecular formula is C9H8BrClO2. The predicted molar refractivity (Wildman–Crippen MR) is 54.7 cm³/mol. The molecule has 0 radical (unpaired) electrons. The van der Waals surface area contributed by atoms with Crippen LogP contribution in [0.1, 0.15) is 5.56 Å². The van der Waals surface area contributed by atoms with Crippen LogP contribution in [0.15, 0.2) is 28.7 Å². The molecule has 0 aromatic heterocycles. The van der Waals surface area contributed by atoms with Gasteiger partial charge in [-0.1, -0.05) is 28.1 Å². The van der Waals surface area contributed by atoms with Crippen molar-refractivity contribution in [3.63, 3.8) is 0 Å². The minimum absolute atomic E-state index is 0.0476. The Bertz CT molecular complexity index is 301.